The van der Waals surface area contributed by atoms with Crippen LogP contribution in [0.5, 0.6) is 0 Å². The highest BCUT2D eigenvalue weighted by molar-refractivity contribution is 7.44. The van der Waals surface area contributed by atoms with Gasteiger partial charge >= 0.3 is 0 Å². The molecule has 0 radical (unpaired) electrons. The normalized spacial score (nSPS) is 13.8. The molecule has 0 bridgehead atoms. The molecular weight excluding hydrogens is 463 g/mol. The lowest BCUT2D eigenvalue weighted by atomic mass is 9.83. The van der Waals surface area contributed by atoms with E-state index >= 15 is 0 Å². The molecule has 1 amide bonds. The van der Waals surface area contributed by atoms with Crippen molar-refractivity contribution in [2.24, 2.45) is 0 Å². The van der Waals surface area contributed by atoms with Crippen molar-refractivity contribution in [2.45, 2.75) is 59.0 Å². The number of benzene rings is 2. The molecule has 1 atom stereocenters. The molecule has 35 heavy (non-hydrogen) atoms. The third-order valence-electron chi connectivity index (χ3n) is 5.90. The van der Waals surface area contributed by atoms with Gasteiger partial charge in [0, 0.05) is 53.6 Å². The lowest BCUT2D eigenvalue weighted by molar-refractivity contribution is 0.0950. The van der Waals surface area contributed by atoms with Crippen LogP contribution in [-0.4, -0.2) is 54.5 Å². The number of ketones is 2. The largest absolute Gasteiger partial charge is 0.352 e. The smallest absolute Gasteiger partial charge is 0.258 e. The summed E-state index contributed by atoms with van der Waals surface area (Å²) < 4.78 is 13.8. The predicted molar refractivity (Wildman–Crippen MR) is 138 cm³/mol. The van der Waals surface area contributed by atoms with Gasteiger partial charge in [0.1, 0.15) is 0 Å². The first kappa shape index (κ1) is 27.2. The van der Waals surface area contributed by atoms with Crippen molar-refractivity contribution in [1.29, 1.82) is 0 Å². The Balaban J connectivity index is 1.46. The second-order valence-corrected chi connectivity index (χ2v) is 10.7. The van der Waals surface area contributed by atoms with Crippen LogP contribution in [0.25, 0.3) is 0 Å². The van der Waals surface area contributed by atoms with E-state index in [4.69, 9.17) is 9.05 Å². The van der Waals surface area contributed by atoms with Gasteiger partial charge in [0.15, 0.2) is 11.6 Å². The molecule has 0 aliphatic heterocycles. The van der Waals surface area contributed by atoms with Crippen LogP contribution >= 0.6 is 8.53 Å². The lowest BCUT2D eigenvalue weighted by Gasteiger charge is -2.34. The Bertz CT molecular complexity index is 1060. The quantitative estimate of drug-likeness (QED) is 0.267. The van der Waals surface area contributed by atoms with Crippen molar-refractivity contribution < 1.29 is 23.4 Å². The Morgan fingerprint density at radius 3 is 2.09 bits per heavy atom. The second-order valence-electron chi connectivity index (χ2n) is 9.10. The van der Waals surface area contributed by atoms with Crippen LogP contribution < -0.4 is 5.32 Å². The molecular formula is C27H35N2O5P. The topological polar surface area (TPSA) is 84.9 Å². The lowest BCUT2D eigenvalue weighted by Crippen LogP contribution is -2.33. The molecule has 7 nitrogen and oxygen atoms in total. The zero-order chi connectivity index (χ0) is 25.5. The van der Waals surface area contributed by atoms with Crippen LogP contribution in [0.2, 0.25) is 0 Å². The number of hydrogen-bond acceptors (Lipinski definition) is 6. The summed E-state index contributed by atoms with van der Waals surface area (Å²) in [4.78, 5) is 38.2. The van der Waals surface area contributed by atoms with Gasteiger partial charge in [-0.2, -0.15) is 0 Å². The van der Waals surface area contributed by atoms with Crippen LogP contribution in [0.4, 0.5) is 0 Å². The second kappa shape index (κ2) is 12.5. The van der Waals surface area contributed by atoms with Gasteiger partial charge in [-0.05, 0) is 65.2 Å². The summed E-state index contributed by atoms with van der Waals surface area (Å²) in [5.74, 6) is -0.670. The van der Waals surface area contributed by atoms with E-state index in [0.29, 0.717) is 47.5 Å². The van der Waals surface area contributed by atoms with Gasteiger partial charge < -0.3 is 14.4 Å². The molecule has 1 N–H and O–H groups in total. The summed E-state index contributed by atoms with van der Waals surface area (Å²) in [5, 5.41) is 2.91. The summed E-state index contributed by atoms with van der Waals surface area (Å²) in [6.07, 6.45) is 2.59. The Hall–Kier alpha value is -2.44. The minimum absolute atomic E-state index is 0.188. The van der Waals surface area contributed by atoms with E-state index in [1.54, 1.807) is 43.5 Å². The summed E-state index contributed by atoms with van der Waals surface area (Å²) >= 11 is 0. The number of hydrogen-bond donors (Lipinski definition) is 1. The van der Waals surface area contributed by atoms with Gasteiger partial charge in [0.25, 0.3) is 14.4 Å². The number of nitrogens with one attached hydrogen (secondary N) is 1. The highest BCUT2D eigenvalue weighted by Gasteiger charge is 2.30. The average molecular weight is 499 g/mol. The summed E-state index contributed by atoms with van der Waals surface area (Å²) in [7, 11) is 0.601. The van der Waals surface area contributed by atoms with Crippen molar-refractivity contribution in [3.8, 4) is 0 Å². The number of carbonyl (C=O) groups is 3. The fourth-order valence-corrected chi connectivity index (χ4v) is 5.75. The minimum Gasteiger partial charge on any atom is -0.352 e. The summed E-state index contributed by atoms with van der Waals surface area (Å²) in [5.41, 5.74) is 1.79. The molecule has 8 heteroatoms. The molecule has 0 heterocycles. The molecule has 2 aromatic carbocycles. The number of fused-ring (bicyclic) bond motifs is 2. The van der Waals surface area contributed by atoms with Crippen molar-refractivity contribution in [1.82, 2.24) is 9.99 Å². The Morgan fingerprint density at radius 1 is 0.886 bits per heavy atom. The molecule has 1 aliphatic rings. The fourth-order valence-electron chi connectivity index (χ4n) is 4.28. The standard InChI is InChI=1S/C27H35N2O5P/c1-18(2)29(19(3)4)35(33-5)34-16-10-6-9-15-28-27(32)20-13-14-23-24(17-20)26(31)22-12-8-7-11-21(22)25(23)30/h7-8,11-14,17-19H,6,9-10,15-16H2,1-5H3,(H,28,32). The zero-order valence-corrected chi connectivity index (χ0v) is 22.1. The third-order valence-corrected chi connectivity index (χ3v) is 7.92. The van der Waals surface area contributed by atoms with Crippen LogP contribution in [0.15, 0.2) is 42.5 Å². The van der Waals surface area contributed by atoms with E-state index in [2.05, 4.69) is 37.7 Å². The number of unbranched alkanes of at least 4 members (excludes halogenated alkanes) is 2. The van der Waals surface area contributed by atoms with Gasteiger partial charge in [0.2, 0.25) is 0 Å². The van der Waals surface area contributed by atoms with Crippen molar-refractivity contribution in [2.75, 3.05) is 20.3 Å². The fraction of sp³-hybridized carbons (Fsp3) is 0.444. The number of rotatable bonds is 12. The maximum atomic E-state index is 12.9. The first-order valence-corrected chi connectivity index (χ1v) is 13.2. The average Bonchev–Trinajstić information content (AvgIpc) is 2.84. The predicted octanol–water partition coefficient (Wildman–Crippen LogP) is 5.37. The number of amides is 1. The van der Waals surface area contributed by atoms with Crippen LogP contribution in [0.3, 0.4) is 0 Å². The van der Waals surface area contributed by atoms with Gasteiger partial charge in [-0.25, -0.2) is 4.67 Å². The van der Waals surface area contributed by atoms with Crippen LogP contribution in [0.1, 0.15) is 89.2 Å². The minimum atomic E-state index is -1.08. The Labute approximate surface area is 209 Å². The molecule has 0 spiro atoms. The van der Waals surface area contributed by atoms with Gasteiger partial charge in [-0.1, -0.05) is 24.3 Å². The Morgan fingerprint density at radius 2 is 1.49 bits per heavy atom. The van der Waals surface area contributed by atoms with Crippen LogP contribution in [0, 0.1) is 0 Å². The van der Waals surface area contributed by atoms with Gasteiger partial charge in [-0.15, -0.1) is 0 Å². The maximum Gasteiger partial charge on any atom is 0.258 e. The monoisotopic (exact) mass is 498 g/mol. The molecule has 0 aromatic heterocycles. The van der Waals surface area contributed by atoms with Gasteiger partial charge in [0.05, 0.1) is 6.61 Å². The Kier molecular flexibility index (Phi) is 9.70. The maximum absolute atomic E-state index is 12.9. The zero-order valence-electron chi connectivity index (χ0n) is 21.2. The highest BCUT2D eigenvalue weighted by atomic mass is 31.2. The van der Waals surface area contributed by atoms with E-state index < -0.39 is 8.53 Å². The molecule has 0 saturated carbocycles. The van der Waals surface area contributed by atoms with Crippen molar-refractivity contribution >= 4 is 26.0 Å². The van der Waals surface area contributed by atoms with E-state index in [0.717, 1.165) is 19.3 Å². The van der Waals surface area contributed by atoms with E-state index in [9.17, 15) is 14.4 Å². The van der Waals surface area contributed by atoms with Crippen molar-refractivity contribution in [3.05, 3.63) is 70.3 Å². The molecule has 3 rings (SSSR count). The number of nitrogens with zero attached hydrogens (tertiary/aromatic N) is 1. The third kappa shape index (κ3) is 6.42. The molecule has 188 valence electrons. The molecule has 1 unspecified atom stereocenters. The first-order valence-electron chi connectivity index (χ1n) is 12.1. The summed E-state index contributed by atoms with van der Waals surface area (Å²) in [6.45, 7) is 9.66. The number of carbonyl (C=O) groups excluding carboxylic acids is 3. The molecule has 1 aliphatic carbocycles. The SMILES string of the molecule is COP(OCCCCCNC(=O)c1ccc2c(c1)C(=O)c1ccccc1C2=O)N(C(C)C)C(C)C. The molecule has 0 fully saturated rings. The van der Waals surface area contributed by atoms with Crippen molar-refractivity contribution in [3.63, 3.8) is 0 Å². The van der Waals surface area contributed by atoms with E-state index in [1.165, 1.54) is 6.07 Å². The first-order chi connectivity index (χ1) is 16.8. The highest BCUT2D eigenvalue weighted by Crippen LogP contribution is 2.45. The van der Waals surface area contributed by atoms with Gasteiger partial charge in [-0.3, -0.25) is 14.4 Å². The summed E-state index contributed by atoms with van der Waals surface area (Å²) in [6, 6.07) is 12.2. The van der Waals surface area contributed by atoms with E-state index in [1.807, 2.05) is 0 Å². The molecule has 2 aromatic rings. The van der Waals surface area contributed by atoms with Crippen LogP contribution in [-0.2, 0) is 9.05 Å². The molecule has 0 saturated heterocycles. The van der Waals surface area contributed by atoms with E-state index in [-0.39, 0.29) is 23.0 Å².